The monoisotopic (exact) mass is 346 g/mol. The SMILES string of the molecule is C[C@]12CC[C@H]3[C@@H](CCC4=CC(=O)C=C[C@@]43C)[C@@H]1CC[C@@H]2CC(O)(O)O. The van der Waals surface area contributed by atoms with Crippen LogP contribution in [-0.2, 0) is 4.79 Å². The van der Waals surface area contributed by atoms with Gasteiger partial charge < -0.3 is 15.3 Å². The van der Waals surface area contributed by atoms with Gasteiger partial charge in [0.1, 0.15) is 0 Å². The van der Waals surface area contributed by atoms with E-state index in [0.717, 1.165) is 38.5 Å². The van der Waals surface area contributed by atoms with E-state index in [2.05, 4.69) is 19.9 Å². The van der Waals surface area contributed by atoms with Crippen LogP contribution in [0.2, 0.25) is 0 Å². The molecule has 4 aliphatic rings. The topological polar surface area (TPSA) is 77.8 Å². The zero-order chi connectivity index (χ0) is 18.0. The van der Waals surface area contributed by atoms with Crippen LogP contribution in [0.4, 0.5) is 0 Å². The quantitative estimate of drug-likeness (QED) is 0.672. The van der Waals surface area contributed by atoms with Gasteiger partial charge in [-0.15, -0.1) is 0 Å². The maximum absolute atomic E-state index is 11.8. The van der Waals surface area contributed by atoms with Crippen LogP contribution in [0.1, 0.15) is 58.8 Å². The number of carbonyl (C=O) groups is 1. The third-order valence-corrected chi connectivity index (χ3v) is 8.27. The van der Waals surface area contributed by atoms with Crippen LogP contribution < -0.4 is 0 Å². The van der Waals surface area contributed by atoms with E-state index in [4.69, 9.17) is 0 Å². The highest BCUT2D eigenvalue weighted by Gasteiger charge is 2.59. The van der Waals surface area contributed by atoms with Crippen LogP contribution in [0.25, 0.3) is 0 Å². The highest BCUT2D eigenvalue weighted by Crippen LogP contribution is 2.66. The van der Waals surface area contributed by atoms with Crippen LogP contribution in [0.15, 0.2) is 23.8 Å². The molecule has 0 unspecified atom stereocenters. The summed E-state index contributed by atoms with van der Waals surface area (Å²) in [4.78, 5) is 11.8. The molecule has 3 N–H and O–H groups in total. The molecule has 0 aromatic heterocycles. The average molecular weight is 346 g/mol. The van der Waals surface area contributed by atoms with Crippen molar-refractivity contribution in [2.24, 2.45) is 34.5 Å². The Morgan fingerprint density at radius 3 is 2.60 bits per heavy atom. The zero-order valence-corrected chi connectivity index (χ0v) is 15.2. The smallest absolute Gasteiger partial charge is 0.275 e. The molecule has 0 amide bonds. The Morgan fingerprint density at radius 2 is 1.88 bits per heavy atom. The molecule has 25 heavy (non-hydrogen) atoms. The minimum Gasteiger partial charge on any atom is -0.344 e. The van der Waals surface area contributed by atoms with Crippen molar-refractivity contribution in [3.63, 3.8) is 0 Å². The largest absolute Gasteiger partial charge is 0.344 e. The van der Waals surface area contributed by atoms with Gasteiger partial charge in [-0.25, -0.2) is 0 Å². The van der Waals surface area contributed by atoms with Crippen molar-refractivity contribution >= 4 is 5.78 Å². The summed E-state index contributed by atoms with van der Waals surface area (Å²) in [5.41, 5.74) is 1.39. The molecular formula is C21H30O4. The van der Waals surface area contributed by atoms with Crippen LogP contribution in [0.5, 0.6) is 0 Å². The lowest BCUT2D eigenvalue weighted by Crippen LogP contribution is -2.50. The first-order chi connectivity index (χ1) is 11.6. The Bertz CT molecular complexity index is 643. The molecular weight excluding hydrogens is 316 g/mol. The van der Waals surface area contributed by atoms with Crippen LogP contribution >= 0.6 is 0 Å². The number of rotatable bonds is 2. The third kappa shape index (κ3) is 2.65. The number of hydrogen-bond acceptors (Lipinski definition) is 4. The molecule has 0 aliphatic heterocycles. The molecule has 0 radical (unpaired) electrons. The van der Waals surface area contributed by atoms with Crippen LogP contribution in [-0.4, -0.2) is 27.1 Å². The molecule has 4 aliphatic carbocycles. The summed E-state index contributed by atoms with van der Waals surface area (Å²) in [6.07, 6.45) is 12.2. The first-order valence-corrected chi connectivity index (χ1v) is 9.75. The maximum Gasteiger partial charge on any atom is 0.275 e. The fourth-order valence-corrected chi connectivity index (χ4v) is 6.97. The van der Waals surface area contributed by atoms with Gasteiger partial charge in [0.05, 0.1) is 0 Å². The van der Waals surface area contributed by atoms with Gasteiger partial charge in [-0.2, -0.15) is 0 Å². The predicted molar refractivity (Wildman–Crippen MR) is 94.1 cm³/mol. The normalized spacial score (nSPS) is 46.3. The standard InChI is InChI=1S/C21H30O4/c1-19-9-7-15(22)11-13(19)3-5-16-17-6-4-14(12-21(23,24)25)20(17,2)10-8-18(16)19/h7,9,11,14,16-18,23-25H,3-6,8,10,12H2,1-2H3/t14-,16+,17+,18+,19+,20-/m1/s1. The Morgan fingerprint density at radius 1 is 1.12 bits per heavy atom. The van der Waals surface area contributed by atoms with Crippen molar-refractivity contribution < 1.29 is 20.1 Å². The van der Waals surface area contributed by atoms with Crippen molar-refractivity contribution in [1.82, 2.24) is 0 Å². The summed E-state index contributed by atoms with van der Waals surface area (Å²) in [5.74, 6) is -0.516. The molecule has 0 spiro atoms. The Labute approximate surface area is 149 Å². The molecule has 138 valence electrons. The Hall–Kier alpha value is -0.970. The van der Waals surface area contributed by atoms with E-state index in [9.17, 15) is 20.1 Å². The predicted octanol–water partition coefficient (Wildman–Crippen LogP) is 2.93. The summed E-state index contributed by atoms with van der Waals surface area (Å²) in [5, 5.41) is 28.5. The second-order valence-corrected chi connectivity index (χ2v) is 9.40. The van der Waals surface area contributed by atoms with E-state index in [0.29, 0.717) is 17.8 Å². The van der Waals surface area contributed by atoms with E-state index < -0.39 is 5.97 Å². The lowest BCUT2D eigenvalue weighted by molar-refractivity contribution is -0.323. The fourth-order valence-electron chi connectivity index (χ4n) is 6.97. The molecule has 0 aromatic rings. The van der Waals surface area contributed by atoms with E-state index >= 15 is 0 Å². The van der Waals surface area contributed by atoms with Gasteiger partial charge in [0.25, 0.3) is 5.97 Å². The maximum atomic E-state index is 11.8. The van der Waals surface area contributed by atoms with Gasteiger partial charge in [0.2, 0.25) is 0 Å². The van der Waals surface area contributed by atoms with Crippen LogP contribution in [0.3, 0.4) is 0 Å². The lowest BCUT2D eigenvalue weighted by atomic mass is 9.47. The number of fused-ring (bicyclic) bond motifs is 5. The summed E-state index contributed by atoms with van der Waals surface area (Å²) in [6.45, 7) is 4.60. The van der Waals surface area contributed by atoms with Crippen molar-refractivity contribution in [3.05, 3.63) is 23.8 Å². The molecule has 0 heterocycles. The average Bonchev–Trinajstić information content (AvgIpc) is 2.83. The van der Waals surface area contributed by atoms with Gasteiger partial charge >= 0.3 is 0 Å². The van der Waals surface area contributed by atoms with Gasteiger partial charge in [0.15, 0.2) is 5.78 Å². The molecule has 0 aromatic carbocycles. The zero-order valence-electron chi connectivity index (χ0n) is 15.2. The molecule has 6 atom stereocenters. The third-order valence-electron chi connectivity index (χ3n) is 8.27. The number of aliphatic hydroxyl groups is 3. The van der Waals surface area contributed by atoms with E-state index in [-0.39, 0.29) is 29.0 Å². The second kappa shape index (κ2) is 5.51. The molecule has 0 saturated heterocycles. The van der Waals surface area contributed by atoms with Gasteiger partial charge in [0, 0.05) is 11.8 Å². The summed E-state index contributed by atoms with van der Waals surface area (Å²) < 4.78 is 0. The lowest BCUT2D eigenvalue weighted by Gasteiger charge is -2.57. The number of hydrogen-bond donors (Lipinski definition) is 3. The first-order valence-electron chi connectivity index (χ1n) is 9.75. The number of allylic oxidation sites excluding steroid dienone is 4. The number of ketones is 1. The van der Waals surface area contributed by atoms with Gasteiger partial charge in [-0.3, -0.25) is 4.79 Å². The molecule has 3 fully saturated rings. The molecule has 4 rings (SSSR count). The molecule has 3 saturated carbocycles. The summed E-state index contributed by atoms with van der Waals surface area (Å²) in [7, 11) is 0. The number of carbonyl (C=O) groups excluding carboxylic acids is 1. The Balaban J connectivity index is 1.61. The molecule has 4 heteroatoms. The highest BCUT2D eigenvalue weighted by molar-refractivity contribution is 6.01. The van der Waals surface area contributed by atoms with Crippen molar-refractivity contribution in [2.45, 2.75) is 64.8 Å². The highest BCUT2D eigenvalue weighted by atomic mass is 16.7. The minimum atomic E-state index is -2.56. The molecule has 4 nitrogen and oxygen atoms in total. The van der Waals surface area contributed by atoms with Crippen LogP contribution in [0, 0.1) is 34.5 Å². The first kappa shape index (κ1) is 17.4. The van der Waals surface area contributed by atoms with E-state index in [1.165, 1.54) is 5.57 Å². The summed E-state index contributed by atoms with van der Waals surface area (Å²) in [6, 6.07) is 0. The van der Waals surface area contributed by atoms with Crippen molar-refractivity contribution in [3.8, 4) is 0 Å². The Kier molecular flexibility index (Phi) is 3.85. The van der Waals surface area contributed by atoms with Crippen molar-refractivity contribution in [1.29, 1.82) is 0 Å². The van der Waals surface area contributed by atoms with Gasteiger partial charge in [-0.1, -0.05) is 25.5 Å². The van der Waals surface area contributed by atoms with E-state index in [1.807, 2.05) is 6.08 Å². The van der Waals surface area contributed by atoms with E-state index in [1.54, 1.807) is 6.08 Å². The van der Waals surface area contributed by atoms with Gasteiger partial charge in [-0.05, 0) is 79.8 Å². The minimum absolute atomic E-state index is 0.00490. The van der Waals surface area contributed by atoms with Crippen molar-refractivity contribution in [2.75, 3.05) is 0 Å². The second-order valence-electron chi connectivity index (χ2n) is 9.40. The fraction of sp³-hybridized carbons (Fsp3) is 0.762. The summed E-state index contributed by atoms with van der Waals surface area (Å²) >= 11 is 0. The molecule has 0 bridgehead atoms.